The standard InChI is InChI=1S/C14H18N2OS/c1-4-11(8-17)14-15-10(3)7-12(16-14)13-9(2)5-6-18-13/h5-7,11,17H,4,8H2,1-3H3. The molecule has 0 aliphatic heterocycles. The van der Waals surface area contributed by atoms with Crippen LogP contribution in [0.5, 0.6) is 0 Å². The molecule has 4 heteroatoms. The molecule has 0 saturated heterocycles. The van der Waals surface area contributed by atoms with Crippen molar-refractivity contribution in [2.24, 2.45) is 0 Å². The Balaban J connectivity index is 2.47. The Bertz CT molecular complexity index is 532. The van der Waals surface area contributed by atoms with Gasteiger partial charge in [0, 0.05) is 11.6 Å². The quantitative estimate of drug-likeness (QED) is 0.919. The summed E-state index contributed by atoms with van der Waals surface area (Å²) in [5.74, 6) is 0.784. The molecular weight excluding hydrogens is 244 g/mol. The average Bonchev–Trinajstić information content (AvgIpc) is 2.76. The van der Waals surface area contributed by atoms with Gasteiger partial charge < -0.3 is 5.11 Å². The number of hydrogen-bond donors (Lipinski definition) is 1. The van der Waals surface area contributed by atoms with E-state index in [0.29, 0.717) is 0 Å². The normalized spacial score (nSPS) is 12.7. The summed E-state index contributed by atoms with van der Waals surface area (Å²) >= 11 is 1.69. The molecule has 0 radical (unpaired) electrons. The molecule has 0 aromatic carbocycles. The van der Waals surface area contributed by atoms with Crippen molar-refractivity contribution >= 4 is 11.3 Å². The Labute approximate surface area is 112 Å². The predicted molar refractivity (Wildman–Crippen MR) is 74.9 cm³/mol. The average molecular weight is 262 g/mol. The molecular formula is C14H18N2OS. The highest BCUT2D eigenvalue weighted by Crippen LogP contribution is 2.29. The van der Waals surface area contributed by atoms with Gasteiger partial charge in [-0.05, 0) is 43.3 Å². The fourth-order valence-electron chi connectivity index (χ4n) is 1.92. The van der Waals surface area contributed by atoms with Crippen LogP contribution >= 0.6 is 11.3 Å². The molecule has 0 aliphatic rings. The highest BCUT2D eigenvalue weighted by molar-refractivity contribution is 7.13. The summed E-state index contributed by atoms with van der Waals surface area (Å²) in [4.78, 5) is 10.3. The van der Waals surface area contributed by atoms with E-state index in [2.05, 4.69) is 28.3 Å². The summed E-state index contributed by atoms with van der Waals surface area (Å²) in [5, 5.41) is 11.4. The Morgan fingerprint density at radius 3 is 2.67 bits per heavy atom. The molecule has 0 bridgehead atoms. The number of aromatic nitrogens is 2. The van der Waals surface area contributed by atoms with Crippen LogP contribution in [0.25, 0.3) is 10.6 Å². The van der Waals surface area contributed by atoms with Crippen LogP contribution in [0.2, 0.25) is 0 Å². The minimum atomic E-state index is 0.0314. The first-order valence-electron chi connectivity index (χ1n) is 6.16. The monoisotopic (exact) mass is 262 g/mol. The summed E-state index contributed by atoms with van der Waals surface area (Å²) in [5.41, 5.74) is 3.16. The smallest absolute Gasteiger partial charge is 0.134 e. The van der Waals surface area contributed by atoms with E-state index in [9.17, 15) is 5.11 Å². The summed E-state index contributed by atoms with van der Waals surface area (Å²) < 4.78 is 0. The second-order valence-electron chi connectivity index (χ2n) is 4.47. The topological polar surface area (TPSA) is 46.0 Å². The molecule has 1 atom stereocenters. The van der Waals surface area contributed by atoms with Gasteiger partial charge >= 0.3 is 0 Å². The maximum atomic E-state index is 9.37. The lowest BCUT2D eigenvalue weighted by Gasteiger charge is -2.12. The van der Waals surface area contributed by atoms with Crippen molar-refractivity contribution in [2.75, 3.05) is 6.61 Å². The van der Waals surface area contributed by atoms with Crippen molar-refractivity contribution in [1.82, 2.24) is 9.97 Å². The van der Waals surface area contributed by atoms with Gasteiger partial charge in [-0.25, -0.2) is 9.97 Å². The molecule has 18 heavy (non-hydrogen) atoms. The van der Waals surface area contributed by atoms with Gasteiger partial charge in [0.05, 0.1) is 17.2 Å². The van der Waals surface area contributed by atoms with E-state index in [4.69, 9.17) is 0 Å². The van der Waals surface area contributed by atoms with Gasteiger partial charge in [0.25, 0.3) is 0 Å². The van der Waals surface area contributed by atoms with E-state index in [1.165, 1.54) is 10.4 Å². The zero-order chi connectivity index (χ0) is 13.1. The van der Waals surface area contributed by atoms with E-state index in [0.717, 1.165) is 23.6 Å². The van der Waals surface area contributed by atoms with Crippen molar-refractivity contribution in [3.63, 3.8) is 0 Å². The highest BCUT2D eigenvalue weighted by atomic mass is 32.1. The van der Waals surface area contributed by atoms with Crippen molar-refractivity contribution in [3.8, 4) is 10.6 Å². The molecule has 0 saturated carbocycles. The fourth-order valence-corrected chi connectivity index (χ4v) is 2.81. The second kappa shape index (κ2) is 5.59. The Morgan fingerprint density at radius 2 is 2.11 bits per heavy atom. The summed E-state index contributed by atoms with van der Waals surface area (Å²) in [6.45, 7) is 6.21. The molecule has 96 valence electrons. The fraction of sp³-hybridized carbons (Fsp3) is 0.429. The van der Waals surface area contributed by atoms with Gasteiger partial charge in [0.15, 0.2) is 0 Å². The van der Waals surface area contributed by atoms with E-state index in [1.807, 2.05) is 19.9 Å². The maximum absolute atomic E-state index is 9.37. The number of hydrogen-bond acceptors (Lipinski definition) is 4. The van der Waals surface area contributed by atoms with E-state index in [-0.39, 0.29) is 12.5 Å². The maximum Gasteiger partial charge on any atom is 0.134 e. The molecule has 0 aliphatic carbocycles. The molecule has 2 aromatic heterocycles. The molecule has 2 aromatic rings. The summed E-state index contributed by atoms with van der Waals surface area (Å²) in [6.07, 6.45) is 0.850. The first-order valence-corrected chi connectivity index (χ1v) is 7.04. The van der Waals surface area contributed by atoms with Gasteiger partial charge in [0.2, 0.25) is 0 Å². The first kappa shape index (κ1) is 13.2. The SMILES string of the molecule is CCC(CO)c1nc(C)cc(-c2sccc2C)n1. The minimum absolute atomic E-state index is 0.0314. The number of aryl methyl sites for hydroxylation is 2. The second-order valence-corrected chi connectivity index (χ2v) is 5.39. The van der Waals surface area contributed by atoms with Crippen molar-refractivity contribution in [3.05, 3.63) is 34.6 Å². The van der Waals surface area contributed by atoms with Crippen LogP contribution in [-0.2, 0) is 0 Å². The van der Waals surface area contributed by atoms with Gasteiger partial charge in [-0.2, -0.15) is 0 Å². The zero-order valence-electron chi connectivity index (χ0n) is 11.0. The lowest BCUT2D eigenvalue weighted by Crippen LogP contribution is -2.09. The van der Waals surface area contributed by atoms with Crippen LogP contribution in [0.3, 0.4) is 0 Å². The summed E-state index contributed by atoms with van der Waals surface area (Å²) in [7, 11) is 0. The van der Waals surface area contributed by atoms with E-state index >= 15 is 0 Å². The molecule has 3 nitrogen and oxygen atoms in total. The molecule has 0 fully saturated rings. The van der Waals surface area contributed by atoms with Crippen LogP contribution in [0.1, 0.15) is 36.3 Å². The van der Waals surface area contributed by atoms with Crippen molar-refractivity contribution in [2.45, 2.75) is 33.1 Å². The molecule has 1 unspecified atom stereocenters. The lowest BCUT2D eigenvalue weighted by molar-refractivity contribution is 0.257. The first-order chi connectivity index (χ1) is 8.65. The third-order valence-electron chi connectivity index (χ3n) is 3.04. The number of aliphatic hydroxyl groups is 1. The largest absolute Gasteiger partial charge is 0.396 e. The van der Waals surface area contributed by atoms with E-state index in [1.54, 1.807) is 11.3 Å². The van der Waals surface area contributed by atoms with Crippen LogP contribution in [0.15, 0.2) is 17.5 Å². The number of thiophene rings is 1. The molecule has 0 spiro atoms. The van der Waals surface area contributed by atoms with Gasteiger partial charge in [-0.3, -0.25) is 0 Å². The number of nitrogens with zero attached hydrogens (tertiary/aromatic N) is 2. The number of rotatable bonds is 4. The lowest BCUT2D eigenvalue weighted by atomic mass is 10.1. The third kappa shape index (κ3) is 2.60. The Morgan fingerprint density at radius 1 is 1.33 bits per heavy atom. The number of aliphatic hydroxyl groups excluding tert-OH is 1. The highest BCUT2D eigenvalue weighted by Gasteiger charge is 2.14. The molecule has 0 amide bonds. The van der Waals surface area contributed by atoms with Crippen LogP contribution in [0, 0.1) is 13.8 Å². The minimum Gasteiger partial charge on any atom is -0.396 e. The zero-order valence-corrected chi connectivity index (χ0v) is 11.8. The molecule has 2 heterocycles. The third-order valence-corrected chi connectivity index (χ3v) is 4.08. The van der Waals surface area contributed by atoms with Gasteiger partial charge in [-0.1, -0.05) is 6.92 Å². The van der Waals surface area contributed by atoms with Crippen LogP contribution in [-0.4, -0.2) is 21.7 Å². The van der Waals surface area contributed by atoms with Gasteiger partial charge in [-0.15, -0.1) is 11.3 Å². The molecule has 2 rings (SSSR count). The van der Waals surface area contributed by atoms with Crippen molar-refractivity contribution in [1.29, 1.82) is 0 Å². The van der Waals surface area contributed by atoms with Gasteiger partial charge in [0.1, 0.15) is 5.82 Å². The summed E-state index contributed by atoms with van der Waals surface area (Å²) in [6, 6.07) is 4.10. The van der Waals surface area contributed by atoms with E-state index < -0.39 is 0 Å². The van der Waals surface area contributed by atoms with Crippen LogP contribution in [0.4, 0.5) is 0 Å². The Kier molecular flexibility index (Phi) is 4.09. The van der Waals surface area contributed by atoms with Crippen molar-refractivity contribution < 1.29 is 5.11 Å². The molecule has 1 N–H and O–H groups in total. The Hall–Kier alpha value is -1.26. The van der Waals surface area contributed by atoms with Crippen LogP contribution < -0.4 is 0 Å². The predicted octanol–water partition coefficient (Wildman–Crippen LogP) is 3.31.